The summed E-state index contributed by atoms with van der Waals surface area (Å²) in [5.41, 5.74) is 2.21. The summed E-state index contributed by atoms with van der Waals surface area (Å²) in [5, 5.41) is 3.10. The molecule has 0 fully saturated rings. The third-order valence-electron chi connectivity index (χ3n) is 1.55. The van der Waals surface area contributed by atoms with Crippen molar-refractivity contribution in [3.05, 3.63) is 18.5 Å². The van der Waals surface area contributed by atoms with Crippen molar-refractivity contribution < 1.29 is 0 Å². The number of aromatic nitrogens is 1. The molecule has 3 heteroatoms. The maximum Gasteiger partial charge on any atom is 0.0783 e. The van der Waals surface area contributed by atoms with Crippen LogP contribution in [0.1, 0.15) is 0 Å². The predicted molar refractivity (Wildman–Crippen MR) is 48.1 cm³/mol. The molecule has 0 aliphatic rings. The van der Waals surface area contributed by atoms with Crippen LogP contribution in [0.2, 0.25) is 0 Å². The van der Waals surface area contributed by atoms with Crippen molar-refractivity contribution in [2.45, 2.75) is 0 Å². The number of nitrogens with zero attached hydrogens (tertiary/aromatic N) is 2. The van der Waals surface area contributed by atoms with Crippen LogP contribution in [0.5, 0.6) is 0 Å². The van der Waals surface area contributed by atoms with Gasteiger partial charge in [-0.3, -0.25) is 4.98 Å². The molecule has 1 rings (SSSR count). The summed E-state index contributed by atoms with van der Waals surface area (Å²) in [4.78, 5) is 6.06. The lowest BCUT2D eigenvalue weighted by Crippen LogP contribution is -2.11. The van der Waals surface area contributed by atoms with E-state index in [9.17, 15) is 0 Å². The second kappa shape index (κ2) is 3.23. The lowest BCUT2D eigenvalue weighted by molar-refractivity contribution is 1.11. The minimum atomic E-state index is 1.10. The molecule has 60 valence electrons. The average molecular weight is 151 g/mol. The van der Waals surface area contributed by atoms with E-state index in [2.05, 4.69) is 10.3 Å². The van der Waals surface area contributed by atoms with Gasteiger partial charge in [0.25, 0.3) is 0 Å². The van der Waals surface area contributed by atoms with E-state index in [-0.39, 0.29) is 0 Å². The van der Waals surface area contributed by atoms with E-state index in [4.69, 9.17) is 0 Å². The molecule has 1 aromatic heterocycles. The van der Waals surface area contributed by atoms with Crippen LogP contribution >= 0.6 is 0 Å². The monoisotopic (exact) mass is 151 g/mol. The van der Waals surface area contributed by atoms with Crippen molar-refractivity contribution in [1.82, 2.24) is 4.98 Å². The summed E-state index contributed by atoms with van der Waals surface area (Å²) < 4.78 is 0. The highest BCUT2D eigenvalue weighted by molar-refractivity contribution is 5.67. The third-order valence-corrected chi connectivity index (χ3v) is 1.55. The van der Waals surface area contributed by atoms with Gasteiger partial charge in [0, 0.05) is 27.3 Å². The first-order valence-electron chi connectivity index (χ1n) is 3.55. The van der Waals surface area contributed by atoms with Gasteiger partial charge in [0.15, 0.2) is 0 Å². The highest BCUT2D eigenvalue weighted by atomic mass is 15.1. The standard InChI is InChI=1S/C8H13N3/c1-9-7-4-5-10-6-8(7)11(2)3/h4-6H,1-3H3,(H,9,10). The molecule has 0 radical (unpaired) electrons. The van der Waals surface area contributed by atoms with E-state index in [0.29, 0.717) is 0 Å². The van der Waals surface area contributed by atoms with Crippen LogP contribution in [0.25, 0.3) is 0 Å². The molecule has 0 spiro atoms. The molecule has 0 aromatic carbocycles. The van der Waals surface area contributed by atoms with Crippen LogP contribution in [0.3, 0.4) is 0 Å². The molecule has 0 aliphatic carbocycles. The minimum Gasteiger partial charge on any atom is -0.386 e. The first-order chi connectivity index (χ1) is 5.25. The third kappa shape index (κ3) is 1.61. The Kier molecular flexibility index (Phi) is 2.31. The van der Waals surface area contributed by atoms with Crippen LogP contribution in [-0.2, 0) is 0 Å². The molecule has 0 bridgehead atoms. The lowest BCUT2D eigenvalue weighted by atomic mass is 10.3. The van der Waals surface area contributed by atoms with Crippen LogP contribution in [0.15, 0.2) is 18.5 Å². The molecule has 0 saturated heterocycles. The summed E-state index contributed by atoms with van der Waals surface area (Å²) in [6, 6.07) is 1.95. The number of rotatable bonds is 2. The fourth-order valence-electron chi connectivity index (χ4n) is 0.954. The highest BCUT2D eigenvalue weighted by Gasteiger charge is 1.99. The molecule has 1 aromatic rings. The lowest BCUT2D eigenvalue weighted by Gasteiger charge is -2.15. The number of hydrogen-bond acceptors (Lipinski definition) is 3. The van der Waals surface area contributed by atoms with Crippen molar-refractivity contribution in [3.8, 4) is 0 Å². The number of anilines is 2. The van der Waals surface area contributed by atoms with Gasteiger partial charge >= 0.3 is 0 Å². The Morgan fingerprint density at radius 2 is 2.18 bits per heavy atom. The highest BCUT2D eigenvalue weighted by Crippen LogP contribution is 2.20. The van der Waals surface area contributed by atoms with Gasteiger partial charge in [0.2, 0.25) is 0 Å². The van der Waals surface area contributed by atoms with Crippen LogP contribution in [-0.4, -0.2) is 26.1 Å². The first-order valence-corrected chi connectivity index (χ1v) is 3.55. The van der Waals surface area contributed by atoms with E-state index >= 15 is 0 Å². The number of nitrogens with one attached hydrogen (secondary N) is 1. The van der Waals surface area contributed by atoms with Crippen molar-refractivity contribution in [1.29, 1.82) is 0 Å². The van der Waals surface area contributed by atoms with Crippen molar-refractivity contribution >= 4 is 11.4 Å². The summed E-state index contributed by atoms with van der Waals surface area (Å²) in [5.74, 6) is 0. The van der Waals surface area contributed by atoms with Gasteiger partial charge in [-0.15, -0.1) is 0 Å². The average Bonchev–Trinajstić information content (AvgIpc) is 2.04. The molecule has 0 saturated carbocycles. The largest absolute Gasteiger partial charge is 0.386 e. The Bertz CT molecular complexity index is 233. The maximum absolute atomic E-state index is 4.03. The molecule has 1 heterocycles. The molecule has 0 unspecified atom stereocenters. The van der Waals surface area contributed by atoms with Gasteiger partial charge in [0.05, 0.1) is 17.6 Å². The Morgan fingerprint density at radius 3 is 2.64 bits per heavy atom. The van der Waals surface area contributed by atoms with E-state index in [1.54, 1.807) is 6.20 Å². The maximum atomic E-state index is 4.03. The predicted octanol–water partition coefficient (Wildman–Crippen LogP) is 1.19. The summed E-state index contributed by atoms with van der Waals surface area (Å²) in [6.07, 6.45) is 3.62. The molecule has 1 N–H and O–H groups in total. The molecule has 0 amide bonds. The smallest absolute Gasteiger partial charge is 0.0783 e. The fourth-order valence-corrected chi connectivity index (χ4v) is 0.954. The Morgan fingerprint density at radius 1 is 1.45 bits per heavy atom. The topological polar surface area (TPSA) is 28.2 Å². The summed E-state index contributed by atoms with van der Waals surface area (Å²) in [7, 11) is 5.90. The summed E-state index contributed by atoms with van der Waals surface area (Å²) >= 11 is 0. The van der Waals surface area contributed by atoms with E-state index < -0.39 is 0 Å². The normalized spacial score (nSPS) is 9.36. The number of hydrogen-bond donors (Lipinski definition) is 1. The summed E-state index contributed by atoms with van der Waals surface area (Å²) in [6.45, 7) is 0. The van der Waals surface area contributed by atoms with E-state index in [1.165, 1.54) is 0 Å². The molecule has 3 nitrogen and oxygen atoms in total. The fraction of sp³-hybridized carbons (Fsp3) is 0.375. The van der Waals surface area contributed by atoms with Crippen molar-refractivity contribution in [3.63, 3.8) is 0 Å². The van der Waals surface area contributed by atoms with Gasteiger partial charge in [-0.25, -0.2) is 0 Å². The number of pyridine rings is 1. The Balaban J connectivity index is 3.02. The Hall–Kier alpha value is -1.25. The van der Waals surface area contributed by atoms with Gasteiger partial charge < -0.3 is 10.2 Å². The second-order valence-electron chi connectivity index (χ2n) is 2.54. The van der Waals surface area contributed by atoms with Crippen LogP contribution < -0.4 is 10.2 Å². The molecule has 0 aliphatic heterocycles. The molecular formula is C8H13N3. The Labute approximate surface area is 67.1 Å². The molecular weight excluding hydrogens is 138 g/mol. The van der Waals surface area contributed by atoms with Gasteiger partial charge in [-0.2, -0.15) is 0 Å². The first kappa shape index (κ1) is 7.85. The van der Waals surface area contributed by atoms with E-state index in [1.807, 2.05) is 38.3 Å². The van der Waals surface area contributed by atoms with Gasteiger partial charge in [0.1, 0.15) is 0 Å². The van der Waals surface area contributed by atoms with E-state index in [0.717, 1.165) is 11.4 Å². The minimum absolute atomic E-state index is 1.10. The molecule has 0 atom stereocenters. The van der Waals surface area contributed by atoms with Crippen molar-refractivity contribution in [2.24, 2.45) is 0 Å². The zero-order valence-electron chi connectivity index (χ0n) is 7.13. The van der Waals surface area contributed by atoms with Gasteiger partial charge in [-0.05, 0) is 6.07 Å². The zero-order chi connectivity index (χ0) is 8.27. The SMILES string of the molecule is CNc1ccncc1N(C)C. The van der Waals surface area contributed by atoms with Crippen LogP contribution in [0, 0.1) is 0 Å². The zero-order valence-corrected chi connectivity index (χ0v) is 7.13. The van der Waals surface area contributed by atoms with Crippen LogP contribution in [0.4, 0.5) is 11.4 Å². The van der Waals surface area contributed by atoms with Gasteiger partial charge in [-0.1, -0.05) is 0 Å². The second-order valence-corrected chi connectivity index (χ2v) is 2.54. The molecule has 11 heavy (non-hydrogen) atoms. The van der Waals surface area contributed by atoms with Crippen molar-refractivity contribution in [2.75, 3.05) is 31.4 Å². The quantitative estimate of drug-likeness (QED) is 0.688.